The molecule has 1 unspecified atom stereocenters. The largest absolute Gasteiger partial charge is 0.123 e. The van der Waals surface area contributed by atoms with E-state index in [-0.39, 0.29) is 0 Å². The smallest absolute Gasteiger partial charge is 0.00723 e. The summed E-state index contributed by atoms with van der Waals surface area (Å²) >= 11 is 0. The van der Waals surface area contributed by atoms with Crippen molar-refractivity contribution in [2.24, 2.45) is 0 Å². The molecule has 0 bridgehead atoms. The van der Waals surface area contributed by atoms with Crippen molar-refractivity contribution in [3.63, 3.8) is 0 Å². The Kier molecular flexibility index (Phi) is 3.82. The van der Waals surface area contributed by atoms with E-state index in [4.69, 9.17) is 0 Å². The summed E-state index contributed by atoms with van der Waals surface area (Å²) in [6.45, 7) is 8.20. The SMILES string of the molecule is C=Cc1c(/C=C\C)[pH]c2c(-c3ccc(C)cc3)cccc12. The molecule has 0 aliphatic heterocycles. The maximum absolute atomic E-state index is 4.00. The van der Waals surface area contributed by atoms with Gasteiger partial charge in [0.1, 0.15) is 0 Å². The van der Waals surface area contributed by atoms with E-state index in [0.717, 1.165) is 0 Å². The van der Waals surface area contributed by atoms with Gasteiger partial charge in [0, 0.05) is 5.12 Å². The lowest BCUT2D eigenvalue weighted by molar-refractivity contribution is 1.47. The van der Waals surface area contributed by atoms with Crippen molar-refractivity contribution in [1.82, 2.24) is 0 Å². The zero-order valence-corrected chi connectivity index (χ0v) is 13.5. The molecule has 0 spiro atoms. The van der Waals surface area contributed by atoms with Crippen LogP contribution in [0.15, 0.2) is 55.1 Å². The molecule has 0 amide bonds. The number of fused-ring (bicyclic) bond motifs is 1. The summed E-state index contributed by atoms with van der Waals surface area (Å²) in [6.07, 6.45) is 6.32. The second-order valence-corrected chi connectivity index (χ2v) is 6.54. The Morgan fingerprint density at radius 3 is 2.48 bits per heavy atom. The van der Waals surface area contributed by atoms with Gasteiger partial charge in [0.2, 0.25) is 0 Å². The zero-order valence-electron chi connectivity index (χ0n) is 12.5. The Labute approximate surface area is 127 Å². The van der Waals surface area contributed by atoms with Crippen molar-refractivity contribution in [2.45, 2.75) is 13.8 Å². The monoisotopic (exact) mass is 290 g/mol. The average molecular weight is 290 g/mol. The third-order valence-electron chi connectivity index (χ3n) is 3.80. The molecule has 0 nitrogen and oxygen atoms in total. The fourth-order valence-corrected chi connectivity index (χ4v) is 4.36. The van der Waals surface area contributed by atoms with Crippen LogP contribution in [0.3, 0.4) is 0 Å². The highest BCUT2D eigenvalue weighted by atomic mass is 31.0. The maximum Gasteiger partial charge on any atom is 0.00723 e. The fraction of sp³-hybridized carbons (Fsp3) is 0.100. The van der Waals surface area contributed by atoms with Crippen molar-refractivity contribution in [3.8, 4) is 11.1 Å². The Bertz CT molecular complexity index is 817. The topological polar surface area (TPSA) is 0 Å². The number of benzene rings is 2. The Balaban J connectivity index is 2.29. The summed E-state index contributed by atoms with van der Waals surface area (Å²) in [6, 6.07) is 15.4. The predicted octanol–water partition coefficient (Wildman–Crippen LogP) is 6.52. The van der Waals surface area contributed by atoms with Gasteiger partial charge in [-0.15, -0.1) is 8.19 Å². The van der Waals surface area contributed by atoms with E-state index in [2.05, 4.69) is 75.0 Å². The predicted molar refractivity (Wildman–Crippen MR) is 98.4 cm³/mol. The Hall–Kier alpha value is -2.04. The van der Waals surface area contributed by atoms with Crippen LogP contribution in [0.5, 0.6) is 0 Å². The van der Waals surface area contributed by atoms with Crippen LogP contribution in [0, 0.1) is 6.92 Å². The third kappa shape index (κ3) is 2.48. The van der Waals surface area contributed by atoms with Gasteiger partial charge in [0.15, 0.2) is 0 Å². The van der Waals surface area contributed by atoms with Crippen molar-refractivity contribution in [1.29, 1.82) is 0 Å². The minimum absolute atomic E-state index is 0.708. The van der Waals surface area contributed by atoms with Crippen molar-refractivity contribution >= 4 is 30.8 Å². The number of rotatable bonds is 3. The lowest BCUT2D eigenvalue weighted by Crippen LogP contribution is -1.79. The molecule has 1 heteroatoms. The van der Waals surface area contributed by atoms with Gasteiger partial charge in [-0.2, -0.15) is 0 Å². The van der Waals surface area contributed by atoms with Crippen LogP contribution in [0.2, 0.25) is 0 Å². The van der Waals surface area contributed by atoms with Gasteiger partial charge >= 0.3 is 0 Å². The van der Waals surface area contributed by atoms with E-state index >= 15 is 0 Å². The number of hydrogen-bond donors (Lipinski definition) is 0. The second kappa shape index (κ2) is 5.76. The number of hydrogen-bond acceptors (Lipinski definition) is 0. The summed E-state index contributed by atoms with van der Waals surface area (Å²) in [5.74, 6) is 0. The van der Waals surface area contributed by atoms with Gasteiger partial charge in [-0.3, -0.25) is 0 Å². The van der Waals surface area contributed by atoms with Gasteiger partial charge in [-0.1, -0.05) is 72.8 Å². The van der Waals surface area contributed by atoms with Crippen molar-refractivity contribution < 1.29 is 0 Å². The van der Waals surface area contributed by atoms with E-state index in [9.17, 15) is 0 Å². The summed E-state index contributed by atoms with van der Waals surface area (Å²) in [5, 5.41) is 4.18. The molecular formula is C20H19P. The zero-order chi connectivity index (χ0) is 14.8. The van der Waals surface area contributed by atoms with Crippen LogP contribution in [0.1, 0.15) is 23.3 Å². The molecule has 0 saturated carbocycles. The van der Waals surface area contributed by atoms with E-state index in [1.165, 1.54) is 38.1 Å². The van der Waals surface area contributed by atoms with Crippen molar-refractivity contribution in [2.75, 3.05) is 0 Å². The van der Waals surface area contributed by atoms with Gasteiger partial charge in [-0.25, -0.2) is 0 Å². The first-order valence-corrected chi connectivity index (χ1v) is 8.21. The third-order valence-corrected chi connectivity index (χ3v) is 5.30. The van der Waals surface area contributed by atoms with Gasteiger partial charge in [0.25, 0.3) is 0 Å². The van der Waals surface area contributed by atoms with Crippen molar-refractivity contribution in [3.05, 3.63) is 71.5 Å². The van der Waals surface area contributed by atoms with Crippen LogP contribution < -0.4 is 0 Å². The maximum atomic E-state index is 4.00. The normalized spacial score (nSPS) is 11.7. The lowest BCUT2D eigenvalue weighted by atomic mass is 10.0. The molecule has 0 radical (unpaired) electrons. The summed E-state index contributed by atoms with van der Waals surface area (Å²) in [4.78, 5) is 0. The molecular weight excluding hydrogens is 271 g/mol. The van der Waals surface area contributed by atoms with Crippen LogP contribution in [0.4, 0.5) is 0 Å². The molecule has 0 saturated heterocycles. The molecule has 1 aromatic heterocycles. The van der Waals surface area contributed by atoms with E-state index in [0.29, 0.717) is 8.19 Å². The first-order chi connectivity index (χ1) is 10.2. The summed E-state index contributed by atoms with van der Waals surface area (Å²) < 4.78 is 0. The molecule has 21 heavy (non-hydrogen) atoms. The first-order valence-electron chi connectivity index (χ1n) is 7.21. The molecule has 1 heterocycles. The van der Waals surface area contributed by atoms with Crippen LogP contribution in [-0.2, 0) is 0 Å². The van der Waals surface area contributed by atoms with Gasteiger partial charge < -0.3 is 0 Å². The molecule has 0 aliphatic rings. The first kappa shape index (κ1) is 13.9. The lowest BCUT2D eigenvalue weighted by Gasteiger charge is -2.05. The minimum atomic E-state index is 0.708. The van der Waals surface area contributed by atoms with Gasteiger partial charge in [-0.05, 0) is 41.2 Å². The molecule has 0 aliphatic carbocycles. The highest BCUT2D eigenvalue weighted by molar-refractivity contribution is 7.39. The molecule has 0 N–H and O–H groups in total. The average Bonchev–Trinajstić information content (AvgIpc) is 2.85. The number of allylic oxidation sites excluding steroid dienone is 1. The van der Waals surface area contributed by atoms with Crippen LogP contribution in [-0.4, -0.2) is 0 Å². The highest BCUT2D eigenvalue weighted by Gasteiger charge is 2.10. The molecule has 3 aromatic rings. The molecule has 3 rings (SSSR count). The summed E-state index contributed by atoms with van der Waals surface area (Å²) in [5.41, 5.74) is 5.24. The standard InChI is InChI=1S/C20H19P/c1-4-7-19-16(5-2)18-9-6-8-17(20(18)21-19)15-12-10-14(3)11-13-15/h4-13,21H,2H2,1,3H3/b7-4-. The molecule has 1 atom stereocenters. The summed E-state index contributed by atoms with van der Waals surface area (Å²) in [7, 11) is 0.708. The minimum Gasteiger partial charge on any atom is -0.123 e. The Morgan fingerprint density at radius 2 is 1.81 bits per heavy atom. The molecule has 2 aromatic carbocycles. The second-order valence-electron chi connectivity index (χ2n) is 5.25. The van der Waals surface area contributed by atoms with Crippen LogP contribution >= 0.6 is 8.19 Å². The van der Waals surface area contributed by atoms with Gasteiger partial charge in [0.05, 0.1) is 0 Å². The van der Waals surface area contributed by atoms with E-state index in [1.54, 1.807) is 0 Å². The molecule has 104 valence electrons. The van der Waals surface area contributed by atoms with Crippen LogP contribution in [0.25, 0.3) is 33.8 Å². The quantitative estimate of drug-likeness (QED) is 0.515. The van der Waals surface area contributed by atoms with E-state index in [1.807, 2.05) is 6.08 Å². The molecule has 0 fully saturated rings. The fourth-order valence-electron chi connectivity index (χ4n) is 2.75. The van der Waals surface area contributed by atoms with E-state index < -0.39 is 0 Å². The Morgan fingerprint density at radius 1 is 1.05 bits per heavy atom. The highest BCUT2D eigenvalue weighted by Crippen LogP contribution is 2.42. The number of aryl methyl sites for hydroxylation is 1.